The molecule has 2 nitrogen and oxygen atoms in total. The van der Waals surface area contributed by atoms with Crippen molar-refractivity contribution in [3.05, 3.63) is 0 Å². The van der Waals surface area contributed by atoms with Crippen LogP contribution in [0.15, 0.2) is 0 Å². The second kappa shape index (κ2) is 88.6. The van der Waals surface area contributed by atoms with Crippen molar-refractivity contribution < 1.29 is 9.53 Å². The fraction of sp³-hybridized carbons (Fsp3) is 0.989. The van der Waals surface area contributed by atoms with Crippen LogP contribution in [0.2, 0.25) is 0 Å². The van der Waals surface area contributed by atoms with Gasteiger partial charge in [-0.25, -0.2) is 0 Å². The van der Waals surface area contributed by atoms with Gasteiger partial charge in [0, 0.05) is 6.92 Å². The number of hydrogen-bond donors (Lipinski definition) is 0. The van der Waals surface area contributed by atoms with E-state index >= 15 is 0 Å². The highest BCUT2D eigenvalue weighted by Crippen LogP contribution is 2.23. The van der Waals surface area contributed by atoms with Crippen LogP contribution < -0.4 is 0 Å². The molecular formula is C92H184O2. The highest BCUT2D eigenvalue weighted by atomic mass is 16.5. The summed E-state index contributed by atoms with van der Waals surface area (Å²) in [5.41, 5.74) is 0. The fourth-order valence-corrected chi connectivity index (χ4v) is 15.7. The summed E-state index contributed by atoms with van der Waals surface area (Å²) in [5, 5.41) is 0. The summed E-state index contributed by atoms with van der Waals surface area (Å²) in [4.78, 5) is 11.0. The van der Waals surface area contributed by atoms with E-state index in [1.807, 2.05) is 6.92 Å². The van der Waals surface area contributed by atoms with E-state index in [0.29, 0.717) is 0 Å². The van der Waals surface area contributed by atoms with Gasteiger partial charge in [-0.3, -0.25) is 4.79 Å². The van der Waals surface area contributed by atoms with E-state index in [9.17, 15) is 4.79 Å². The van der Waals surface area contributed by atoms with Crippen LogP contribution in [-0.4, -0.2) is 12.1 Å². The lowest BCUT2D eigenvalue weighted by Gasteiger charge is -2.11. The van der Waals surface area contributed by atoms with Crippen LogP contribution >= 0.6 is 0 Å². The molecule has 0 rings (SSSR count). The number of carbonyl (C=O) groups excluding carboxylic acids is 1. The number of esters is 1. The molecule has 0 fully saturated rings. The maximum absolute atomic E-state index is 11.0. The minimum atomic E-state index is -0.147. The zero-order valence-corrected chi connectivity index (χ0v) is 66.4. The van der Waals surface area contributed by atoms with Gasteiger partial charge in [-0.2, -0.15) is 0 Å². The second-order valence-corrected chi connectivity index (χ2v) is 32.3. The standard InChI is InChI=1S/C92H184O2/c1-4-5-6-7-8-9-10-11-12-13-14-15-16-17-18-19-20-21-22-23-24-25-26-27-28-29-30-31-32-33-34-35-36-37-38-39-40-41-42-43-44-45-46-47-48-49-50-51-52-53-54-55-56-57-58-59-60-61-62-63-64-65-66-67-68-69-70-71-72-73-74-75-76-77-78-79-80-81-82-83-84-85-86-87-88-89-90-91(2)94-92(3)93/h91H,4-90H2,1-3H3. The third-order valence-corrected chi connectivity index (χ3v) is 22.3. The average molecular weight is 1320 g/mol. The molecule has 0 aliphatic rings. The fourth-order valence-electron chi connectivity index (χ4n) is 15.7. The lowest BCUT2D eigenvalue weighted by Crippen LogP contribution is -2.11. The van der Waals surface area contributed by atoms with Gasteiger partial charge in [-0.1, -0.05) is 553 Å². The third kappa shape index (κ3) is 89.5. The number of unbranched alkanes of at least 4 members (excludes halogenated alkanes) is 85. The van der Waals surface area contributed by atoms with Crippen LogP contribution in [-0.2, 0) is 9.53 Å². The SMILES string of the molecule is CCCCCCCCCCCCCCCCCCCCCCCCCCCCCCCCCCCCCCCCCCCCCCCCCCCCCCCCCCCCCCCCCCCCCCCCCCCCCCCCCCCCCCCCC(C)OC(C)=O. The minimum absolute atomic E-state index is 0.0864. The summed E-state index contributed by atoms with van der Waals surface area (Å²) in [6.07, 6.45) is 128. The molecule has 0 aromatic heterocycles. The molecule has 0 aromatic carbocycles. The molecule has 0 amide bonds. The molecule has 0 aliphatic carbocycles. The lowest BCUT2D eigenvalue weighted by molar-refractivity contribution is -0.145. The molecule has 0 saturated carbocycles. The molecule has 0 spiro atoms. The molecule has 1 atom stereocenters. The summed E-state index contributed by atoms with van der Waals surface area (Å²) in [6, 6.07) is 0. The highest BCUT2D eigenvalue weighted by molar-refractivity contribution is 5.66. The monoisotopic (exact) mass is 1320 g/mol. The molecule has 1 unspecified atom stereocenters. The quantitative estimate of drug-likeness (QED) is 0.0448. The van der Waals surface area contributed by atoms with E-state index in [-0.39, 0.29) is 12.1 Å². The van der Waals surface area contributed by atoms with E-state index in [1.54, 1.807) is 0 Å². The van der Waals surface area contributed by atoms with E-state index in [4.69, 9.17) is 4.74 Å². The van der Waals surface area contributed by atoms with Gasteiger partial charge in [0.1, 0.15) is 0 Å². The van der Waals surface area contributed by atoms with Crippen molar-refractivity contribution in [2.24, 2.45) is 0 Å². The van der Waals surface area contributed by atoms with Crippen molar-refractivity contribution in [3.63, 3.8) is 0 Å². The van der Waals surface area contributed by atoms with Crippen LogP contribution in [0, 0.1) is 0 Å². The first-order valence-corrected chi connectivity index (χ1v) is 45.8. The van der Waals surface area contributed by atoms with Gasteiger partial charge in [0.25, 0.3) is 0 Å². The summed E-state index contributed by atoms with van der Waals surface area (Å²) < 4.78 is 5.21. The smallest absolute Gasteiger partial charge is 0.302 e. The number of ether oxygens (including phenoxy) is 1. The van der Waals surface area contributed by atoms with Crippen LogP contribution in [0.4, 0.5) is 0 Å². The molecule has 94 heavy (non-hydrogen) atoms. The molecule has 0 saturated heterocycles. The number of carbonyl (C=O) groups is 1. The Balaban J connectivity index is 3.10. The highest BCUT2D eigenvalue weighted by Gasteiger charge is 2.06. The second-order valence-electron chi connectivity index (χ2n) is 32.3. The predicted molar refractivity (Wildman–Crippen MR) is 429 cm³/mol. The molecule has 2 heteroatoms. The van der Waals surface area contributed by atoms with Crippen molar-refractivity contribution in [1.29, 1.82) is 0 Å². The Morgan fingerprint density at radius 3 is 0.340 bits per heavy atom. The first-order valence-electron chi connectivity index (χ1n) is 45.8. The molecule has 0 aliphatic heterocycles. The Hall–Kier alpha value is -0.530. The van der Waals surface area contributed by atoms with Gasteiger partial charge in [-0.15, -0.1) is 0 Å². The van der Waals surface area contributed by atoms with Gasteiger partial charge < -0.3 is 4.74 Å². The van der Waals surface area contributed by atoms with Crippen molar-refractivity contribution in [1.82, 2.24) is 0 Å². The molecular weight excluding hydrogens is 1140 g/mol. The Morgan fingerprint density at radius 2 is 0.255 bits per heavy atom. The van der Waals surface area contributed by atoms with Crippen LogP contribution in [0.3, 0.4) is 0 Å². The lowest BCUT2D eigenvalue weighted by atomic mass is 10.0. The van der Waals surface area contributed by atoms with Crippen molar-refractivity contribution >= 4 is 5.97 Å². The van der Waals surface area contributed by atoms with Crippen LogP contribution in [0.1, 0.15) is 579 Å². The van der Waals surface area contributed by atoms with E-state index in [2.05, 4.69) is 6.92 Å². The molecule has 0 radical (unpaired) electrons. The third-order valence-electron chi connectivity index (χ3n) is 22.3. The van der Waals surface area contributed by atoms with Gasteiger partial charge in [0.15, 0.2) is 0 Å². The first kappa shape index (κ1) is 93.5. The predicted octanol–water partition coefficient (Wildman–Crippen LogP) is 34.9. The van der Waals surface area contributed by atoms with E-state index in [1.165, 1.54) is 559 Å². The topological polar surface area (TPSA) is 26.3 Å². The van der Waals surface area contributed by atoms with Gasteiger partial charge >= 0.3 is 5.97 Å². The van der Waals surface area contributed by atoms with Gasteiger partial charge in [0.2, 0.25) is 0 Å². The minimum Gasteiger partial charge on any atom is -0.463 e. The van der Waals surface area contributed by atoms with E-state index in [0.717, 1.165) is 6.42 Å². The van der Waals surface area contributed by atoms with Crippen molar-refractivity contribution in [3.8, 4) is 0 Å². The van der Waals surface area contributed by atoms with Gasteiger partial charge in [-0.05, 0) is 19.8 Å². The molecule has 0 N–H and O–H groups in total. The first-order chi connectivity index (χ1) is 46.7. The Labute approximate surface area is 597 Å². The normalized spacial score (nSPS) is 12.1. The molecule has 564 valence electrons. The average Bonchev–Trinajstić information content (AvgIpc) is 3.59. The number of hydrogen-bond acceptors (Lipinski definition) is 2. The van der Waals surface area contributed by atoms with Crippen molar-refractivity contribution in [2.45, 2.75) is 585 Å². The maximum atomic E-state index is 11.0. The zero-order valence-electron chi connectivity index (χ0n) is 66.4. The molecule has 0 heterocycles. The molecule has 0 aromatic rings. The Bertz CT molecular complexity index is 1290. The summed E-state index contributed by atoms with van der Waals surface area (Å²) in [6.45, 7) is 5.84. The summed E-state index contributed by atoms with van der Waals surface area (Å²) >= 11 is 0. The Morgan fingerprint density at radius 1 is 0.170 bits per heavy atom. The maximum Gasteiger partial charge on any atom is 0.302 e. The van der Waals surface area contributed by atoms with Gasteiger partial charge in [0.05, 0.1) is 6.10 Å². The molecule has 0 bridgehead atoms. The largest absolute Gasteiger partial charge is 0.463 e. The van der Waals surface area contributed by atoms with Crippen LogP contribution in [0.5, 0.6) is 0 Å². The van der Waals surface area contributed by atoms with Crippen molar-refractivity contribution in [2.75, 3.05) is 0 Å². The number of rotatable bonds is 88. The van der Waals surface area contributed by atoms with E-state index < -0.39 is 0 Å². The Kier molecular flexibility index (Phi) is 88.1. The summed E-state index contributed by atoms with van der Waals surface area (Å²) in [5.74, 6) is -0.147. The zero-order chi connectivity index (χ0) is 67.4. The summed E-state index contributed by atoms with van der Waals surface area (Å²) in [7, 11) is 0. The van der Waals surface area contributed by atoms with Crippen LogP contribution in [0.25, 0.3) is 0 Å².